The Bertz CT molecular complexity index is 1310. The van der Waals surface area contributed by atoms with Gasteiger partial charge in [0.15, 0.2) is 5.88 Å². The molecule has 1 amide bonds. The van der Waals surface area contributed by atoms with Crippen molar-refractivity contribution in [2.45, 2.75) is 26.8 Å². The minimum absolute atomic E-state index is 0.00791. The molecular formula is C28H30N4O2. The van der Waals surface area contributed by atoms with E-state index in [0.29, 0.717) is 35.8 Å². The van der Waals surface area contributed by atoms with Crippen molar-refractivity contribution >= 4 is 28.2 Å². The first-order chi connectivity index (χ1) is 16.5. The molecule has 1 heterocycles. The maximum atomic E-state index is 12.8. The molecule has 0 aliphatic heterocycles. The summed E-state index contributed by atoms with van der Waals surface area (Å²) < 4.78 is 0. The summed E-state index contributed by atoms with van der Waals surface area (Å²) in [7, 11) is 0. The van der Waals surface area contributed by atoms with Crippen LogP contribution < -0.4 is 11.1 Å². The summed E-state index contributed by atoms with van der Waals surface area (Å²) in [6, 6.07) is 22.8. The number of nitrogens with two attached hydrogens (primary N) is 1. The molecule has 174 valence electrons. The molecule has 4 rings (SSSR count). The number of fused-ring (bicyclic) bond motifs is 1. The van der Waals surface area contributed by atoms with Crippen LogP contribution in [0.5, 0.6) is 5.88 Å². The largest absolute Gasteiger partial charge is 0.494 e. The fourth-order valence-corrected chi connectivity index (χ4v) is 3.83. The maximum absolute atomic E-state index is 12.8. The molecular weight excluding hydrogens is 424 g/mol. The van der Waals surface area contributed by atoms with Crippen LogP contribution in [0.15, 0.2) is 77.8 Å². The predicted octanol–water partition coefficient (Wildman–Crippen LogP) is 5.28. The van der Waals surface area contributed by atoms with Crippen molar-refractivity contribution in [2.24, 2.45) is 16.6 Å². The summed E-state index contributed by atoms with van der Waals surface area (Å²) in [5.74, 6) is 0.387. The highest BCUT2D eigenvalue weighted by Crippen LogP contribution is 2.32. The van der Waals surface area contributed by atoms with Gasteiger partial charge in [-0.05, 0) is 48.2 Å². The highest BCUT2D eigenvalue weighted by molar-refractivity contribution is 6.22. The van der Waals surface area contributed by atoms with E-state index in [9.17, 15) is 9.90 Å². The first-order valence-electron chi connectivity index (χ1n) is 11.5. The minimum atomic E-state index is -0.134. The Morgan fingerprint density at radius 2 is 1.76 bits per heavy atom. The quantitative estimate of drug-likeness (QED) is 0.272. The molecule has 0 aliphatic carbocycles. The Hall–Kier alpha value is -3.90. The van der Waals surface area contributed by atoms with Crippen molar-refractivity contribution in [3.8, 4) is 5.88 Å². The van der Waals surface area contributed by atoms with E-state index in [-0.39, 0.29) is 11.8 Å². The zero-order valence-corrected chi connectivity index (χ0v) is 19.5. The third-order valence-corrected chi connectivity index (χ3v) is 5.75. The second kappa shape index (κ2) is 10.4. The second-order valence-corrected chi connectivity index (χ2v) is 8.74. The van der Waals surface area contributed by atoms with Gasteiger partial charge in [-0.25, -0.2) is 4.99 Å². The van der Waals surface area contributed by atoms with E-state index in [4.69, 9.17) is 10.7 Å². The molecule has 0 aliphatic rings. The molecule has 0 atom stereocenters. The van der Waals surface area contributed by atoms with Gasteiger partial charge in [0.05, 0.1) is 17.0 Å². The lowest BCUT2D eigenvalue weighted by molar-refractivity contribution is 0.0952. The van der Waals surface area contributed by atoms with Gasteiger partial charge in [0, 0.05) is 35.1 Å². The van der Waals surface area contributed by atoms with Gasteiger partial charge in [-0.15, -0.1) is 0 Å². The third-order valence-electron chi connectivity index (χ3n) is 5.75. The van der Waals surface area contributed by atoms with Crippen molar-refractivity contribution in [2.75, 3.05) is 6.54 Å². The average Bonchev–Trinajstić information content (AvgIpc) is 3.17. The summed E-state index contributed by atoms with van der Waals surface area (Å²) >= 11 is 0. The molecule has 1 aromatic heterocycles. The van der Waals surface area contributed by atoms with E-state index < -0.39 is 0 Å². The van der Waals surface area contributed by atoms with Crippen molar-refractivity contribution in [1.82, 2.24) is 10.3 Å². The number of nitrogens with one attached hydrogen (secondary N) is 2. The van der Waals surface area contributed by atoms with Gasteiger partial charge >= 0.3 is 0 Å². The minimum Gasteiger partial charge on any atom is -0.494 e. The van der Waals surface area contributed by atoms with Crippen LogP contribution in [0.3, 0.4) is 0 Å². The summed E-state index contributed by atoms with van der Waals surface area (Å²) in [4.78, 5) is 20.7. The van der Waals surface area contributed by atoms with Crippen LogP contribution >= 0.6 is 0 Å². The second-order valence-electron chi connectivity index (χ2n) is 8.74. The average molecular weight is 455 g/mol. The predicted molar refractivity (Wildman–Crippen MR) is 138 cm³/mol. The Morgan fingerprint density at radius 1 is 1.03 bits per heavy atom. The molecule has 34 heavy (non-hydrogen) atoms. The maximum Gasteiger partial charge on any atom is 0.251 e. The summed E-state index contributed by atoms with van der Waals surface area (Å²) in [6.07, 6.45) is 0.915. The molecule has 0 bridgehead atoms. The van der Waals surface area contributed by atoms with Crippen molar-refractivity contribution in [3.05, 3.63) is 95.1 Å². The highest BCUT2D eigenvalue weighted by Gasteiger charge is 2.20. The number of amides is 1. The molecule has 5 N–H and O–H groups in total. The van der Waals surface area contributed by atoms with Gasteiger partial charge in [-0.2, -0.15) is 0 Å². The van der Waals surface area contributed by atoms with E-state index in [1.165, 1.54) is 0 Å². The Balaban J connectivity index is 1.80. The van der Waals surface area contributed by atoms with Crippen LogP contribution in [-0.4, -0.2) is 28.3 Å². The molecule has 0 saturated heterocycles. The lowest BCUT2D eigenvalue weighted by Crippen LogP contribution is -2.25. The SMILES string of the molecule is CC(C)CCNC(=O)c1ccc2[nH]c(O)c(C(=Nc3ccc(CN)cc3)c3ccccc3)c2c1. The van der Waals surface area contributed by atoms with Crippen molar-refractivity contribution in [3.63, 3.8) is 0 Å². The molecule has 0 unspecified atom stereocenters. The zero-order chi connectivity index (χ0) is 24.1. The molecule has 6 nitrogen and oxygen atoms in total. The van der Waals surface area contributed by atoms with Gasteiger partial charge < -0.3 is 21.1 Å². The monoisotopic (exact) mass is 454 g/mol. The first-order valence-corrected chi connectivity index (χ1v) is 11.5. The molecule has 0 spiro atoms. The smallest absolute Gasteiger partial charge is 0.251 e. The first kappa shape index (κ1) is 23.3. The molecule has 3 aromatic carbocycles. The third kappa shape index (κ3) is 5.18. The number of carbonyl (C=O) groups is 1. The number of rotatable bonds is 8. The normalized spacial score (nSPS) is 11.8. The van der Waals surface area contributed by atoms with Gasteiger partial charge in [0.25, 0.3) is 5.91 Å². The highest BCUT2D eigenvalue weighted by atomic mass is 16.3. The lowest BCUT2D eigenvalue weighted by Gasteiger charge is -2.09. The summed E-state index contributed by atoms with van der Waals surface area (Å²) in [6.45, 7) is 5.33. The van der Waals surface area contributed by atoms with Crippen LogP contribution in [0.4, 0.5) is 5.69 Å². The van der Waals surface area contributed by atoms with Crippen LogP contribution in [0.2, 0.25) is 0 Å². The number of hydrogen-bond donors (Lipinski definition) is 4. The Labute approximate surface area is 199 Å². The molecule has 0 fully saturated rings. The molecule has 0 saturated carbocycles. The van der Waals surface area contributed by atoms with E-state index >= 15 is 0 Å². The number of H-pyrrole nitrogens is 1. The van der Waals surface area contributed by atoms with Crippen LogP contribution in [-0.2, 0) is 6.54 Å². The molecule has 4 aromatic rings. The Morgan fingerprint density at radius 3 is 2.44 bits per heavy atom. The number of hydrogen-bond acceptors (Lipinski definition) is 4. The van der Waals surface area contributed by atoms with E-state index in [1.54, 1.807) is 6.07 Å². The number of aromatic amines is 1. The van der Waals surface area contributed by atoms with Crippen molar-refractivity contribution < 1.29 is 9.90 Å². The number of aromatic hydroxyl groups is 1. The van der Waals surface area contributed by atoms with Gasteiger partial charge in [-0.3, -0.25) is 4.79 Å². The Kier molecular flexibility index (Phi) is 7.09. The summed E-state index contributed by atoms with van der Waals surface area (Å²) in [5, 5.41) is 14.6. The number of carbonyl (C=O) groups excluding carboxylic acids is 1. The lowest BCUT2D eigenvalue weighted by atomic mass is 9.99. The van der Waals surface area contributed by atoms with E-state index in [2.05, 4.69) is 24.1 Å². The van der Waals surface area contributed by atoms with Gasteiger partial charge in [0.1, 0.15) is 0 Å². The fourth-order valence-electron chi connectivity index (χ4n) is 3.83. The number of aromatic nitrogens is 1. The standard InChI is InChI=1S/C28H30N4O2/c1-18(2)14-15-30-27(33)21-10-13-24-23(16-21)25(28(34)32-24)26(20-6-4-3-5-7-20)31-22-11-8-19(17-29)9-12-22/h3-13,16,18,32,34H,14-15,17,29H2,1-2H3,(H,30,33). The van der Waals surface area contributed by atoms with Crippen LogP contribution in [0.25, 0.3) is 10.9 Å². The van der Waals surface area contributed by atoms with E-state index in [0.717, 1.165) is 34.1 Å². The van der Waals surface area contributed by atoms with Crippen molar-refractivity contribution in [1.29, 1.82) is 0 Å². The van der Waals surface area contributed by atoms with Crippen LogP contribution in [0, 0.1) is 5.92 Å². The van der Waals surface area contributed by atoms with Gasteiger partial charge in [0.2, 0.25) is 0 Å². The van der Waals surface area contributed by atoms with E-state index in [1.807, 2.05) is 66.7 Å². The molecule has 6 heteroatoms. The van der Waals surface area contributed by atoms with Crippen LogP contribution in [0.1, 0.15) is 47.3 Å². The number of nitrogens with zero attached hydrogens (tertiary/aromatic N) is 1. The zero-order valence-electron chi connectivity index (χ0n) is 19.5. The molecule has 0 radical (unpaired) electrons. The fraction of sp³-hybridized carbons (Fsp3) is 0.214. The van der Waals surface area contributed by atoms with Gasteiger partial charge in [-0.1, -0.05) is 56.3 Å². The topological polar surface area (TPSA) is 104 Å². The number of benzene rings is 3. The summed E-state index contributed by atoms with van der Waals surface area (Å²) in [5.41, 5.74) is 10.8. The number of aliphatic imine (C=N–C) groups is 1.